The molecule has 0 amide bonds. The molecule has 0 unspecified atom stereocenters. The van der Waals surface area contributed by atoms with E-state index in [1.807, 2.05) is 11.8 Å². The van der Waals surface area contributed by atoms with Crippen molar-refractivity contribution in [1.29, 1.82) is 0 Å². The van der Waals surface area contributed by atoms with Crippen molar-refractivity contribution in [2.75, 3.05) is 18.0 Å². The molecule has 1 aromatic rings. The van der Waals surface area contributed by atoms with Gasteiger partial charge in [-0.15, -0.1) is 0 Å². The maximum Gasteiger partial charge on any atom is 0.333 e. The smallest absolute Gasteiger partial charge is 0.333 e. The van der Waals surface area contributed by atoms with E-state index in [0.717, 1.165) is 0 Å². The Hall–Kier alpha value is -2.12. The number of rotatable bonds is 5. The minimum absolute atomic E-state index is 0.0237. The Balaban J connectivity index is 2.21. The van der Waals surface area contributed by atoms with Gasteiger partial charge in [-0.1, -0.05) is 0 Å². The Bertz CT molecular complexity index is 519. The average Bonchev–Trinajstić information content (AvgIpc) is 2.59. The molecule has 0 aliphatic carbocycles. The summed E-state index contributed by atoms with van der Waals surface area (Å²) in [6.45, 7) is 5.08. The van der Waals surface area contributed by atoms with E-state index in [1.54, 1.807) is 11.6 Å². The van der Waals surface area contributed by atoms with E-state index in [4.69, 9.17) is 5.11 Å². The van der Waals surface area contributed by atoms with Crippen LogP contribution in [0, 0.1) is 23.0 Å². The number of carboxylic acid groups (broad SMARTS) is 1. The summed E-state index contributed by atoms with van der Waals surface area (Å²) in [7, 11) is 0. The van der Waals surface area contributed by atoms with Crippen LogP contribution in [-0.4, -0.2) is 38.9 Å². The highest BCUT2D eigenvalue weighted by atomic mass is 16.6. The Morgan fingerprint density at radius 2 is 2.21 bits per heavy atom. The summed E-state index contributed by atoms with van der Waals surface area (Å²) in [6.07, 6.45) is 0.101. The largest absolute Gasteiger partial charge is 0.481 e. The Morgan fingerprint density at radius 3 is 2.68 bits per heavy atom. The summed E-state index contributed by atoms with van der Waals surface area (Å²) in [6, 6.07) is 0. The van der Waals surface area contributed by atoms with E-state index in [2.05, 4.69) is 5.10 Å². The predicted octanol–water partition coefficient (Wildman–Crippen LogP) is 1.03. The van der Waals surface area contributed by atoms with Gasteiger partial charge < -0.3 is 10.0 Å². The molecule has 19 heavy (non-hydrogen) atoms. The lowest BCUT2D eigenvalue weighted by Gasteiger charge is -2.39. The Morgan fingerprint density at radius 1 is 1.58 bits per heavy atom. The maximum atomic E-state index is 11.1. The minimum atomic E-state index is -0.834. The number of anilines is 1. The standard InChI is InChI=1S/C11H16N4O4/c1-3-14-11(10(15(18)19)7(2)12-14)13-5-8(6-13)4-9(16)17/h8H,3-6H2,1-2H3,(H,16,17). The summed E-state index contributed by atoms with van der Waals surface area (Å²) < 4.78 is 1.60. The van der Waals surface area contributed by atoms with E-state index >= 15 is 0 Å². The second-order valence-corrected chi connectivity index (χ2v) is 4.70. The number of hydrogen-bond acceptors (Lipinski definition) is 5. The molecule has 1 aliphatic rings. The summed E-state index contributed by atoms with van der Waals surface area (Å²) in [5.41, 5.74) is 0.416. The van der Waals surface area contributed by atoms with Gasteiger partial charge in [-0.05, 0) is 13.8 Å². The molecule has 1 saturated heterocycles. The Labute approximate surface area is 109 Å². The van der Waals surface area contributed by atoms with Gasteiger partial charge in [0.1, 0.15) is 5.69 Å². The number of carbonyl (C=O) groups is 1. The van der Waals surface area contributed by atoms with Crippen molar-refractivity contribution in [3.63, 3.8) is 0 Å². The van der Waals surface area contributed by atoms with Gasteiger partial charge >= 0.3 is 11.7 Å². The topological polar surface area (TPSA) is 101 Å². The lowest BCUT2D eigenvalue weighted by molar-refractivity contribution is -0.384. The third kappa shape index (κ3) is 2.38. The van der Waals surface area contributed by atoms with Crippen LogP contribution in [0.15, 0.2) is 0 Å². The normalized spacial score (nSPS) is 15.4. The zero-order valence-electron chi connectivity index (χ0n) is 10.9. The maximum absolute atomic E-state index is 11.1. The van der Waals surface area contributed by atoms with Crippen molar-refractivity contribution in [1.82, 2.24) is 9.78 Å². The molecule has 0 spiro atoms. The number of hydrogen-bond donors (Lipinski definition) is 1. The SMILES string of the molecule is CCn1nc(C)c([N+](=O)[O-])c1N1CC(CC(=O)O)C1. The van der Waals surface area contributed by atoms with Crippen LogP contribution >= 0.6 is 0 Å². The number of aryl methyl sites for hydroxylation is 2. The van der Waals surface area contributed by atoms with Crippen LogP contribution in [0.1, 0.15) is 19.0 Å². The molecule has 8 nitrogen and oxygen atoms in total. The van der Waals surface area contributed by atoms with E-state index in [1.165, 1.54) is 0 Å². The number of nitro groups is 1. The molecule has 8 heteroatoms. The lowest BCUT2D eigenvalue weighted by Crippen LogP contribution is -2.48. The van der Waals surface area contributed by atoms with Gasteiger partial charge in [0.25, 0.3) is 0 Å². The third-order valence-corrected chi connectivity index (χ3v) is 3.27. The minimum Gasteiger partial charge on any atom is -0.481 e. The fourth-order valence-corrected chi connectivity index (χ4v) is 2.43. The van der Waals surface area contributed by atoms with Crippen LogP contribution in [0.2, 0.25) is 0 Å². The highest BCUT2D eigenvalue weighted by Gasteiger charge is 2.37. The van der Waals surface area contributed by atoms with E-state index in [0.29, 0.717) is 31.1 Å². The first-order valence-electron chi connectivity index (χ1n) is 6.12. The van der Waals surface area contributed by atoms with Crippen molar-refractivity contribution >= 4 is 17.5 Å². The molecular weight excluding hydrogens is 252 g/mol. The van der Waals surface area contributed by atoms with Gasteiger partial charge in [-0.25, -0.2) is 4.68 Å². The van der Waals surface area contributed by atoms with E-state index < -0.39 is 10.9 Å². The zero-order valence-corrected chi connectivity index (χ0v) is 10.9. The summed E-state index contributed by atoms with van der Waals surface area (Å²) in [4.78, 5) is 23.1. The number of carboxylic acids is 1. The first-order chi connectivity index (χ1) is 8.93. The quantitative estimate of drug-likeness (QED) is 0.632. The van der Waals surface area contributed by atoms with Crippen molar-refractivity contribution in [3.05, 3.63) is 15.8 Å². The first kappa shape index (κ1) is 13.3. The molecule has 0 atom stereocenters. The zero-order chi connectivity index (χ0) is 14.2. The first-order valence-corrected chi connectivity index (χ1v) is 6.12. The van der Waals surface area contributed by atoms with Gasteiger partial charge in [-0.3, -0.25) is 14.9 Å². The number of nitrogens with zero attached hydrogens (tertiary/aromatic N) is 4. The highest BCUT2D eigenvalue weighted by Crippen LogP contribution is 2.36. The average molecular weight is 268 g/mol. The second kappa shape index (κ2) is 4.87. The molecule has 2 rings (SSSR count). The van der Waals surface area contributed by atoms with Gasteiger partial charge in [0, 0.05) is 25.6 Å². The van der Waals surface area contributed by atoms with Crippen LogP contribution in [0.3, 0.4) is 0 Å². The predicted molar refractivity (Wildman–Crippen MR) is 67.2 cm³/mol. The fourth-order valence-electron chi connectivity index (χ4n) is 2.43. The molecule has 1 aliphatic heterocycles. The monoisotopic (exact) mass is 268 g/mol. The van der Waals surface area contributed by atoms with Crippen molar-refractivity contribution in [2.24, 2.45) is 5.92 Å². The van der Waals surface area contributed by atoms with Gasteiger partial charge in [0.15, 0.2) is 0 Å². The molecule has 1 aromatic heterocycles. The fraction of sp³-hybridized carbons (Fsp3) is 0.636. The van der Waals surface area contributed by atoms with Gasteiger partial charge in [-0.2, -0.15) is 5.10 Å². The molecule has 1 N–H and O–H groups in total. The lowest BCUT2D eigenvalue weighted by atomic mass is 9.96. The molecule has 0 saturated carbocycles. The molecule has 0 aromatic carbocycles. The van der Waals surface area contributed by atoms with Crippen molar-refractivity contribution in [2.45, 2.75) is 26.8 Å². The third-order valence-electron chi connectivity index (χ3n) is 3.27. The number of aliphatic carboxylic acids is 1. The van der Waals surface area contributed by atoms with Crippen LogP contribution in [0.25, 0.3) is 0 Å². The van der Waals surface area contributed by atoms with E-state index in [-0.39, 0.29) is 18.0 Å². The Kier molecular flexibility index (Phi) is 3.41. The van der Waals surface area contributed by atoms with E-state index in [9.17, 15) is 14.9 Å². The molecule has 0 bridgehead atoms. The van der Waals surface area contributed by atoms with Crippen LogP contribution in [-0.2, 0) is 11.3 Å². The number of aromatic nitrogens is 2. The summed E-state index contributed by atoms with van der Waals surface area (Å²) in [5, 5.41) is 24.0. The molecular formula is C11H16N4O4. The van der Waals surface area contributed by atoms with Gasteiger partial charge in [0.05, 0.1) is 11.3 Å². The molecule has 1 fully saturated rings. The molecule has 104 valence electrons. The molecule has 2 heterocycles. The summed E-state index contributed by atoms with van der Waals surface area (Å²) in [5.74, 6) is -0.288. The summed E-state index contributed by atoms with van der Waals surface area (Å²) >= 11 is 0. The highest BCUT2D eigenvalue weighted by molar-refractivity contribution is 5.68. The van der Waals surface area contributed by atoms with Crippen molar-refractivity contribution in [3.8, 4) is 0 Å². The van der Waals surface area contributed by atoms with Crippen LogP contribution < -0.4 is 4.90 Å². The van der Waals surface area contributed by atoms with Gasteiger partial charge in [0.2, 0.25) is 5.82 Å². The van der Waals surface area contributed by atoms with Crippen LogP contribution in [0.5, 0.6) is 0 Å². The molecule has 0 radical (unpaired) electrons. The van der Waals surface area contributed by atoms with Crippen molar-refractivity contribution < 1.29 is 14.8 Å². The van der Waals surface area contributed by atoms with Crippen LogP contribution in [0.4, 0.5) is 11.5 Å². The second-order valence-electron chi connectivity index (χ2n) is 4.70.